The fourth-order valence-corrected chi connectivity index (χ4v) is 7.84. The Balaban J connectivity index is 0.000000199. The lowest BCUT2D eigenvalue weighted by Crippen LogP contribution is -2.21. The molecule has 60 heavy (non-hydrogen) atoms. The third kappa shape index (κ3) is 14.2. The van der Waals surface area contributed by atoms with Gasteiger partial charge in [0, 0.05) is 40.1 Å². The first-order chi connectivity index (χ1) is 28.7. The van der Waals surface area contributed by atoms with Crippen molar-refractivity contribution in [2.45, 2.75) is 23.6 Å². The van der Waals surface area contributed by atoms with E-state index in [4.69, 9.17) is 0 Å². The van der Waals surface area contributed by atoms with Crippen molar-refractivity contribution in [3.05, 3.63) is 233 Å². The molecular formula is C46H38Br4N4O4S2. The molecule has 8 nitrogen and oxygen atoms in total. The molecule has 0 bridgehead atoms. The van der Waals surface area contributed by atoms with Gasteiger partial charge in [0.2, 0.25) is 0 Å². The van der Waals surface area contributed by atoms with Crippen molar-refractivity contribution in [3.63, 3.8) is 0 Å². The van der Waals surface area contributed by atoms with Crippen molar-refractivity contribution in [2.24, 2.45) is 10.2 Å². The van der Waals surface area contributed by atoms with Gasteiger partial charge in [-0.15, -0.1) is 0 Å². The Morgan fingerprint density at radius 2 is 0.583 bits per heavy atom. The monoisotopic (exact) mass is 1090 g/mol. The Bertz CT molecular complexity index is 2440. The van der Waals surface area contributed by atoms with Gasteiger partial charge in [-0.05, 0) is 86.6 Å². The molecule has 0 saturated heterocycles. The summed E-state index contributed by atoms with van der Waals surface area (Å²) in [5, 5.41) is 8.48. The van der Waals surface area contributed by atoms with Crippen LogP contribution in [0.4, 0.5) is 0 Å². The molecule has 0 heterocycles. The van der Waals surface area contributed by atoms with E-state index >= 15 is 0 Å². The van der Waals surface area contributed by atoms with E-state index in [0.717, 1.165) is 51.3 Å². The van der Waals surface area contributed by atoms with E-state index in [1.54, 1.807) is 48.5 Å². The molecule has 0 radical (unpaired) electrons. The third-order valence-electron chi connectivity index (χ3n) is 8.36. The smallest absolute Gasteiger partial charge is 0.200 e. The minimum Gasteiger partial charge on any atom is -0.200 e. The highest BCUT2D eigenvalue weighted by molar-refractivity contribution is 9.11. The van der Waals surface area contributed by atoms with Gasteiger partial charge in [0.25, 0.3) is 20.0 Å². The zero-order valence-electron chi connectivity index (χ0n) is 32.2. The summed E-state index contributed by atoms with van der Waals surface area (Å²) >= 11 is 13.6. The fraction of sp³-hybridized carbons (Fsp3) is 0.0435. The quantitative estimate of drug-likeness (QED) is 0.105. The molecule has 7 rings (SSSR count). The number of hydrogen-bond acceptors (Lipinski definition) is 6. The Morgan fingerprint density at radius 3 is 0.800 bits per heavy atom. The van der Waals surface area contributed by atoms with Crippen molar-refractivity contribution < 1.29 is 16.8 Å². The second kappa shape index (κ2) is 22.2. The molecule has 0 saturated carbocycles. The lowest BCUT2D eigenvalue weighted by Gasteiger charge is -2.10. The topological polar surface area (TPSA) is 117 Å². The molecule has 0 spiro atoms. The first-order valence-electron chi connectivity index (χ1n) is 18.1. The van der Waals surface area contributed by atoms with E-state index in [-0.39, 0.29) is 9.79 Å². The van der Waals surface area contributed by atoms with E-state index in [0.29, 0.717) is 11.4 Å². The van der Waals surface area contributed by atoms with Crippen molar-refractivity contribution in [3.8, 4) is 0 Å². The van der Waals surface area contributed by atoms with Crippen LogP contribution in [0.5, 0.6) is 0 Å². The van der Waals surface area contributed by atoms with E-state index in [1.807, 2.05) is 147 Å². The SMILES string of the molecule is Cc1ccc(S(=O)(=O)NN=C(c2ccc(Br)cc2)c2ccc(Br)cc2)cc1.Cc1ccc(S(=O)(=O)NN=C(c2ccc(Br)cc2)c2ccc(Br)cc2)cc1.c1ccccc1. The molecule has 7 aromatic rings. The van der Waals surface area contributed by atoms with Crippen LogP contribution >= 0.6 is 63.7 Å². The number of hydrogen-bond donors (Lipinski definition) is 2. The number of nitrogens with one attached hydrogen (secondary N) is 2. The Hall–Kier alpha value is -4.70. The summed E-state index contributed by atoms with van der Waals surface area (Å²) < 4.78 is 54.1. The van der Waals surface area contributed by atoms with Crippen molar-refractivity contribution in [1.29, 1.82) is 0 Å². The predicted octanol–water partition coefficient (Wildman–Crippen LogP) is 12.2. The molecule has 0 aliphatic rings. The highest BCUT2D eigenvalue weighted by Crippen LogP contribution is 2.20. The molecule has 306 valence electrons. The summed E-state index contributed by atoms with van der Waals surface area (Å²) in [5.41, 5.74) is 6.24. The molecule has 0 aromatic heterocycles. The number of hydrazone groups is 2. The number of aryl methyl sites for hydroxylation is 2. The van der Waals surface area contributed by atoms with Crippen LogP contribution in [0.3, 0.4) is 0 Å². The zero-order chi connectivity index (χ0) is 43.1. The van der Waals surface area contributed by atoms with Crippen LogP contribution in [0.2, 0.25) is 0 Å². The number of rotatable bonds is 10. The lowest BCUT2D eigenvalue weighted by molar-refractivity contribution is 0.583. The molecule has 0 amide bonds. The average Bonchev–Trinajstić information content (AvgIpc) is 3.25. The molecular weight excluding hydrogens is 1060 g/mol. The molecule has 14 heteroatoms. The zero-order valence-corrected chi connectivity index (χ0v) is 40.2. The molecule has 7 aromatic carbocycles. The van der Waals surface area contributed by atoms with Crippen molar-refractivity contribution in [1.82, 2.24) is 9.66 Å². The Morgan fingerprint density at radius 1 is 0.367 bits per heavy atom. The predicted molar refractivity (Wildman–Crippen MR) is 257 cm³/mol. The third-order valence-corrected chi connectivity index (χ3v) is 12.9. The molecule has 0 unspecified atom stereocenters. The van der Waals surface area contributed by atoms with Gasteiger partial charge in [-0.3, -0.25) is 0 Å². The number of sulfonamides is 2. The standard InChI is InChI=1S/2C20H16Br2N2O2S.C6H6/c2*1-14-2-12-19(13-3-14)27(25,26)24-23-20(15-4-8-17(21)9-5-15)16-6-10-18(22)11-7-16;1-2-4-6-5-3-1/h2*2-13,24H,1H3;1-6H. The minimum atomic E-state index is -3.76. The normalized spacial score (nSPS) is 10.8. The average molecular weight is 1090 g/mol. The van der Waals surface area contributed by atoms with E-state index in [1.165, 1.54) is 0 Å². The van der Waals surface area contributed by atoms with Crippen LogP contribution < -0.4 is 9.66 Å². The summed E-state index contributed by atoms with van der Waals surface area (Å²) in [6.07, 6.45) is 0. The van der Waals surface area contributed by atoms with Crippen LogP contribution in [0.15, 0.2) is 220 Å². The second-order valence-electron chi connectivity index (χ2n) is 12.9. The highest BCUT2D eigenvalue weighted by Gasteiger charge is 2.16. The Kier molecular flexibility index (Phi) is 17.2. The number of halogens is 4. The summed E-state index contributed by atoms with van der Waals surface area (Å²) in [6.45, 7) is 3.81. The van der Waals surface area contributed by atoms with Crippen molar-refractivity contribution in [2.75, 3.05) is 0 Å². The minimum absolute atomic E-state index is 0.169. The number of nitrogens with zero attached hydrogens (tertiary/aromatic N) is 2. The Labute approximate surface area is 385 Å². The maximum Gasteiger partial charge on any atom is 0.276 e. The van der Waals surface area contributed by atoms with E-state index in [2.05, 4.69) is 83.6 Å². The first kappa shape index (κ1) is 46.4. The molecule has 0 fully saturated rings. The van der Waals surface area contributed by atoms with Gasteiger partial charge in [0.1, 0.15) is 0 Å². The van der Waals surface area contributed by atoms with Gasteiger partial charge in [-0.25, -0.2) is 0 Å². The van der Waals surface area contributed by atoms with Crippen LogP contribution in [0.1, 0.15) is 33.4 Å². The lowest BCUT2D eigenvalue weighted by atomic mass is 10.0. The van der Waals surface area contributed by atoms with E-state index in [9.17, 15) is 16.8 Å². The maximum atomic E-state index is 12.6. The summed E-state index contributed by atoms with van der Waals surface area (Å²) in [7, 11) is -7.52. The van der Waals surface area contributed by atoms with Gasteiger partial charge >= 0.3 is 0 Å². The molecule has 0 atom stereocenters. The fourth-order valence-electron chi connectivity index (χ4n) is 5.16. The van der Waals surface area contributed by atoms with Crippen molar-refractivity contribution >= 4 is 95.2 Å². The second-order valence-corrected chi connectivity index (χ2v) is 19.9. The van der Waals surface area contributed by atoms with Gasteiger partial charge < -0.3 is 0 Å². The maximum absolute atomic E-state index is 12.6. The highest BCUT2D eigenvalue weighted by atomic mass is 79.9. The van der Waals surface area contributed by atoms with Gasteiger partial charge in [0.05, 0.1) is 21.2 Å². The summed E-state index contributed by atoms with van der Waals surface area (Å²) in [6, 6.07) is 55.4. The molecule has 0 aliphatic carbocycles. The van der Waals surface area contributed by atoms with E-state index < -0.39 is 20.0 Å². The summed E-state index contributed by atoms with van der Waals surface area (Å²) in [4.78, 5) is 5.05. The summed E-state index contributed by atoms with van der Waals surface area (Å²) in [5.74, 6) is 0. The molecule has 2 N–H and O–H groups in total. The number of benzene rings is 7. The van der Waals surface area contributed by atoms with Crippen LogP contribution in [0.25, 0.3) is 0 Å². The van der Waals surface area contributed by atoms with Gasteiger partial charge in [-0.2, -0.15) is 36.7 Å². The van der Waals surface area contributed by atoms with Gasteiger partial charge in [-0.1, -0.05) is 184 Å². The molecule has 0 aliphatic heterocycles. The van der Waals surface area contributed by atoms with Crippen LogP contribution in [0, 0.1) is 13.8 Å². The van der Waals surface area contributed by atoms with Crippen LogP contribution in [-0.4, -0.2) is 28.3 Å². The first-order valence-corrected chi connectivity index (χ1v) is 24.2. The van der Waals surface area contributed by atoms with Gasteiger partial charge in [0.15, 0.2) is 0 Å². The largest absolute Gasteiger partial charge is 0.276 e. The van der Waals surface area contributed by atoms with Crippen LogP contribution in [-0.2, 0) is 20.0 Å².